The molecule has 2 nitrogen and oxygen atoms in total. The van der Waals surface area contributed by atoms with Crippen LogP contribution in [0.5, 0.6) is 0 Å². The van der Waals surface area contributed by atoms with Crippen molar-refractivity contribution in [2.75, 3.05) is 26.2 Å². The van der Waals surface area contributed by atoms with Gasteiger partial charge in [-0.25, -0.2) is 0 Å². The summed E-state index contributed by atoms with van der Waals surface area (Å²) >= 11 is 0. The Morgan fingerprint density at radius 1 is 1.00 bits per heavy atom. The molecule has 0 heterocycles. The fraction of sp³-hybridized carbons (Fsp3) is 1.00. The molecule has 2 fully saturated rings. The highest BCUT2D eigenvalue weighted by Crippen LogP contribution is 2.39. The minimum atomic E-state index is 0.576. The van der Waals surface area contributed by atoms with E-state index in [-0.39, 0.29) is 0 Å². The largest absolute Gasteiger partial charge is 0.313 e. The average molecular weight is 280 g/mol. The molecule has 0 aromatic carbocycles. The van der Waals surface area contributed by atoms with E-state index < -0.39 is 0 Å². The summed E-state index contributed by atoms with van der Waals surface area (Å²) in [5, 5.41) is 3.82. The average Bonchev–Trinajstić information content (AvgIpc) is 3.06. The second-order valence-corrected chi connectivity index (χ2v) is 8.34. The normalized spacial score (nSPS) is 22.4. The maximum atomic E-state index is 3.82. The van der Waals surface area contributed by atoms with Gasteiger partial charge in [0.05, 0.1) is 0 Å². The molecule has 0 unspecified atom stereocenters. The van der Waals surface area contributed by atoms with E-state index in [1.165, 1.54) is 64.7 Å². The van der Waals surface area contributed by atoms with Crippen molar-refractivity contribution in [1.29, 1.82) is 0 Å². The molecule has 0 saturated heterocycles. The van der Waals surface area contributed by atoms with Gasteiger partial charge in [0, 0.05) is 32.2 Å². The van der Waals surface area contributed by atoms with Crippen molar-refractivity contribution >= 4 is 0 Å². The maximum Gasteiger partial charge on any atom is 0.00684 e. The van der Waals surface area contributed by atoms with Gasteiger partial charge in [0.25, 0.3) is 0 Å². The van der Waals surface area contributed by atoms with Gasteiger partial charge < -0.3 is 10.2 Å². The quantitative estimate of drug-likeness (QED) is 0.689. The molecule has 0 aliphatic heterocycles. The predicted octanol–water partition coefficient (Wildman–Crippen LogP) is 3.91. The minimum absolute atomic E-state index is 0.576. The van der Waals surface area contributed by atoms with Crippen LogP contribution in [0.3, 0.4) is 0 Å². The van der Waals surface area contributed by atoms with Gasteiger partial charge in [-0.1, -0.05) is 40.5 Å². The monoisotopic (exact) mass is 280 g/mol. The van der Waals surface area contributed by atoms with Crippen LogP contribution in [0.25, 0.3) is 0 Å². The lowest BCUT2D eigenvalue weighted by atomic mass is 9.84. The minimum Gasteiger partial charge on any atom is -0.313 e. The number of hydrogen-bond acceptors (Lipinski definition) is 2. The molecular formula is C18H36N2. The van der Waals surface area contributed by atoms with Crippen molar-refractivity contribution in [2.24, 2.45) is 17.3 Å². The molecule has 2 heteroatoms. The summed E-state index contributed by atoms with van der Waals surface area (Å²) in [6.07, 6.45) is 8.61. The summed E-state index contributed by atoms with van der Waals surface area (Å²) in [6.45, 7) is 14.6. The van der Waals surface area contributed by atoms with Crippen LogP contribution in [0.15, 0.2) is 0 Å². The molecule has 0 spiro atoms. The van der Waals surface area contributed by atoms with Crippen molar-refractivity contribution in [1.82, 2.24) is 10.2 Å². The van der Waals surface area contributed by atoms with E-state index in [0.29, 0.717) is 5.41 Å². The molecule has 2 saturated carbocycles. The van der Waals surface area contributed by atoms with Crippen LogP contribution in [-0.2, 0) is 0 Å². The summed E-state index contributed by atoms with van der Waals surface area (Å²) in [5.41, 5.74) is 0.576. The molecule has 0 atom stereocenters. The van der Waals surface area contributed by atoms with Crippen molar-refractivity contribution in [2.45, 2.75) is 72.3 Å². The third kappa shape index (κ3) is 5.37. The first kappa shape index (κ1) is 16.3. The second kappa shape index (κ2) is 7.26. The Balaban J connectivity index is 1.91. The van der Waals surface area contributed by atoms with Gasteiger partial charge >= 0.3 is 0 Å². The Bertz CT molecular complexity index is 265. The third-order valence-corrected chi connectivity index (χ3v) is 4.81. The first-order valence-corrected chi connectivity index (χ1v) is 8.95. The summed E-state index contributed by atoms with van der Waals surface area (Å²) in [5.74, 6) is 1.56. The van der Waals surface area contributed by atoms with Crippen LogP contribution >= 0.6 is 0 Å². The second-order valence-electron chi connectivity index (χ2n) is 8.34. The Hall–Kier alpha value is -0.0800. The molecule has 20 heavy (non-hydrogen) atoms. The zero-order valence-electron chi connectivity index (χ0n) is 14.3. The number of hydrogen-bond donors (Lipinski definition) is 1. The lowest BCUT2D eigenvalue weighted by Crippen LogP contribution is -2.45. The third-order valence-electron chi connectivity index (χ3n) is 4.81. The van der Waals surface area contributed by atoms with Gasteiger partial charge in [0.2, 0.25) is 0 Å². The van der Waals surface area contributed by atoms with E-state index in [4.69, 9.17) is 0 Å². The van der Waals surface area contributed by atoms with Crippen molar-refractivity contribution in [3.8, 4) is 0 Å². The van der Waals surface area contributed by atoms with Gasteiger partial charge in [0.1, 0.15) is 0 Å². The van der Waals surface area contributed by atoms with Crippen LogP contribution in [0.2, 0.25) is 0 Å². The van der Waals surface area contributed by atoms with Crippen molar-refractivity contribution in [3.05, 3.63) is 0 Å². The number of nitrogens with zero attached hydrogens (tertiary/aromatic N) is 1. The first-order chi connectivity index (χ1) is 9.49. The zero-order chi connectivity index (χ0) is 14.6. The van der Waals surface area contributed by atoms with E-state index in [1.54, 1.807) is 0 Å². The van der Waals surface area contributed by atoms with E-state index in [9.17, 15) is 0 Å². The van der Waals surface area contributed by atoms with Gasteiger partial charge in [-0.15, -0.1) is 0 Å². The van der Waals surface area contributed by atoms with Gasteiger partial charge in [-0.2, -0.15) is 0 Å². The van der Waals surface area contributed by atoms with Gasteiger partial charge in [-0.05, 0) is 42.9 Å². The van der Waals surface area contributed by atoms with Crippen molar-refractivity contribution < 1.29 is 0 Å². The molecule has 2 aliphatic carbocycles. The molecule has 1 N–H and O–H groups in total. The number of nitrogens with one attached hydrogen (secondary N) is 1. The Kier molecular flexibility index (Phi) is 5.92. The molecular weight excluding hydrogens is 244 g/mol. The van der Waals surface area contributed by atoms with Gasteiger partial charge in [0.15, 0.2) is 0 Å². The van der Waals surface area contributed by atoms with E-state index in [2.05, 4.69) is 37.9 Å². The molecule has 2 aliphatic rings. The highest BCUT2D eigenvalue weighted by atomic mass is 15.1. The zero-order valence-corrected chi connectivity index (χ0v) is 14.3. The smallest absolute Gasteiger partial charge is 0.00684 e. The van der Waals surface area contributed by atoms with Gasteiger partial charge in [-0.3, -0.25) is 0 Å². The van der Waals surface area contributed by atoms with E-state index in [1.807, 2.05) is 0 Å². The highest BCUT2D eigenvalue weighted by molar-refractivity contribution is 4.92. The predicted molar refractivity (Wildman–Crippen MR) is 88.0 cm³/mol. The maximum absolute atomic E-state index is 3.82. The fourth-order valence-electron chi connectivity index (χ4n) is 3.87. The van der Waals surface area contributed by atoms with Crippen molar-refractivity contribution in [3.63, 3.8) is 0 Å². The molecule has 0 radical (unpaired) electrons. The topological polar surface area (TPSA) is 15.3 Å². The molecule has 118 valence electrons. The van der Waals surface area contributed by atoms with Crippen LogP contribution in [0.1, 0.15) is 66.2 Å². The molecule has 0 aromatic heterocycles. The van der Waals surface area contributed by atoms with Crippen LogP contribution in [-0.4, -0.2) is 37.1 Å². The summed E-state index contributed by atoms with van der Waals surface area (Å²) in [4.78, 5) is 2.76. The summed E-state index contributed by atoms with van der Waals surface area (Å²) in [7, 11) is 0. The molecule has 0 bridgehead atoms. The summed E-state index contributed by atoms with van der Waals surface area (Å²) < 4.78 is 0. The fourth-order valence-corrected chi connectivity index (χ4v) is 3.87. The first-order valence-electron chi connectivity index (χ1n) is 8.95. The van der Waals surface area contributed by atoms with Crippen LogP contribution in [0, 0.1) is 17.3 Å². The number of rotatable bonds is 9. The lowest BCUT2D eigenvalue weighted by molar-refractivity contribution is 0.124. The highest BCUT2D eigenvalue weighted by Gasteiger charge is 2.37. The SMILES string of the molecule is CC(C)CN(CC(C)C)CC1(CNC2CC2)CCCC1. The van der Waals surface area contributed by atoms with Crippen LogP contribution < -0.4 is 5.32 Å². The molecule has 0 amide bonds. The Morgan fingerprint density at radius 3 is 2.00 bits per heavy atom. The molecule has 2 rings (SSSR count). The van der Waals surface area contributed by atoms with Crippen LogP contribution in [0.4, 0.5) is 0 Å². The molecule has 0 aromatic rings. The summed E-state index contributed by atoms with van der Waals surface area (Å²) in [6, 6.07) is 0.858. The van der Waals surface area contributed by atoms with E-state index >= 15 is 0 Å². The Morgan fingerprint density at radius 2 is 1.55 bits per heavy atom. The lowest BCUT2D eigenvalue weighted by Gasteiger charge is -2.37. The van der Waals surface area contributed by atoms with E-state index in [0.717, 1.165) is 17.9 Å². The standard InChI is InChI=1S/C18H36N2/c1-15(2)11-20(12-16(3)4)14-18(9-5-6-10-18)13-19-17-7-8-17/h15-17,19H,5-14H2,1-4H3. The Labute approximate surface area is 126 Å².